The third kappa shape index (κ3) is 3.54. The number of nitrogens with zero attached hydrogens (tertiary/aromatic N) is 3. The molecule has 1 aliphatic heterocycles. The Morgan fingerprint density at radius 2 is 2.00 bits per heavy atom. The van der Waals surface area contributed by atoms with Gasteiger partial charge in [0.25, 0.3) is 5.91 Å². The van der Waals surface area contributed by atoms with E-state index in [-0.39, 0.29) is 11.9 Å². The Kier molecular flexibility index (Phi) is 4.46. The second-order valence-corrected chi connectivity index (χ2v) is 8.20. The zero-order valence-electron chi connectivity index (χ0n) is 14.8. The van der Waals surface area contributed by atoms with Crippen LogP contribution in [0, 0.1) is 13.8 Å². The van der Waals surface area contributed by atoms with Gasteiger partial charge in [0, 0.05) is 35.8 Å². The predicted octanol–water partition coefficient (Wildman–Crippen LogP) is 3.04. The Labute approximate surface area is 152 Å². The molecule has 4 rings (SSSR count). The third-order valence-corrected chi connectivity index (χ3v) is 6.31. The first-order valence-corrected chi connectivity index (χ1v) is 9.90. The second kappa shape index (κ2) is 6.75. The topological polar surface area (TPSA) is 58.1 Å². The van der Waals surface area contributed by atoms with Crippen molar-refractivity contribution in [3.63, 3.8) is 0 Å². The highest BCUT2D eigenvalue weighted by atomic mass is 32.1. The lowest BCUT2D eigenvalue weighted by Crippen LogP contribution is -2.44. The summed E-state index contributed by atoms with van der Waals surface area (Å²) in [5.74, 6) is 1.92. The molecule has 1 fully saturated rings. The molecule has 0 aromatic carbocycles. The molecule has 5 nitrogen and oxygen atoms in total. The van der Waals surface area contributed by atoms with Crippen molar-refractivity contribution in [2.75, 3.05) is 18.0 Å². The molecule has 0 unspecified atom stereocenters. The normalized spacial score (nSPS) is 17.6. The van der Waals surface area contributed by atoms with Gasteiger partial charge in [-0.1, -0.05) is 0 Å². The summed E-state index contributed by atoms with van der Waals surface area (Å²) >= 11 is 1.68. The van der Waals surface area contributed by atoms with Crippen LogP contribution in [-0.2, 0) is 12.8 Å². The van der Waals surface area contributed by atoms with Gasteiger partial charge in [-0.05, 0) is 57.6 Å². The van der Waals surface area contributed by atoms with Crippen molar-refractivity contribution in [1.82, 2.24) is 15.3 Å². The number of thiophene rings is 1. The fourth-order valence-corrected chi connectivity index (χ4v) is 4.97. The van der Waals surface area contributed by atoms with Gasteiger partial charge in [0.2, 0.25) is 0 Å². The van der Waals surface area contributed by atoms with E-state index in [1.807, 2.05) is 19.9 Å². The number of hydrogen-bond acceptors (Lipinski definition) is 5. The van der Waals surface area contributed by atoms with E-state index in [1.54, 1.807) is 11.3 Å². The van der Waals surface area contributed by atoms with Crippen LogP contribution in [0.1, 0.15) is 50.9 Å². The van der Waals surface area contributed by atoms with Gasteiger partial charge < -0.3 is 10.2 Å². The second-order valence-electron chi connectivity index (χ2n) is 7.06. The zero-order chi connectivity index (χ0) is 17.4. The van der Waals surface area contributed by atoms with E-state index in [0.29, 0.717) is 0 Å². The van der Waals surface area contributed by atoms with Crippen LogP contribution in [0.25, 0.3) is 0 Å². The van der Waals surface area contributed by atoms with Crippen molar-refractivity contribution in [2.45, 2.75) is 52.0 Å². The standard InChI is InChI=1S/C19H24N4OS/c1-12-10-18(21-13(2)20-12)23-8-6-15(7-9-23)22-19(24)17-11-14-4-3-5-16(14)25-17/h10-11,15H,3-9H2,1-2H3,(H,22,24). The van der Waals surface area contributed by atoms with Crippen molar-refractivity contribution in [2.24, 2.45) is 0 Å². The van der Waals surface area contributed by atoms with Gasteiger partial charge in [0.15, 0.2) is 0 Å². The van der Waals surface area contributed by atoms with Gasteiger partial charge in [-0.2, -0.15) is 0 Å². The van der Waals surface area contributed by atoms with Crippen LogP contribution >= 0.6 is 11.3 Å². The number of aryl methyl sites for hydroxylation is 4. The van der Waals surface area contributed by atoms with E-state index in [1.165, 1.54) is 16.9 Å². The molecule has 1 saturated heterocycles. The van der Waals surface area contributed by atoms with Crippen LogP contribution in [0.3, 0.4) is 0 Å². The number of hydrogen-bond donors (Lipinski definition) is 1. The number of anilines is 1. The van der Waals surface area contributed by atoms with E-state index >= 15 is 0 Å². The Morgan fingerprint density at radius 3 is 2.72 bits per heavy atom. The summed E-state index contributed by atoms with van der Waals surface area (Å²) < 4.78 is 0. The highest BCUT2D eigenvalue weighted by Gasteiger charge is 2.24. The molecule has 2 aromatic rings. The lowest BCUT2D eigenvalue weighted by atomic mass is 10.0. The number of amides is 1. The maximum Gasteiger partial charge on any atom is 0.261 e. The van der Waals surface area contributed by atoms with E-state index < -0.39 is 0 Å². The third-order valence-electron chi connectivity index (χ3n) is 5.08. The Balaban J connectivity index is 1.34. The summed E-state index contributed by atoms with van der Waals surface area (Å²) in [5, 5.41) is 3.23. The molecule has 3 heterocycles. The van der Waals surface area contributed by atoms with Crippen LogP contribution in [-0.4, -0.2) is 35.0 Å². The minimum absolute atomic E-state index is 0.103. The van der Waals surface area contributed by atoms with Crippen molar-refractivity contribution >= 4 is 23.1 Å². The zero-order valence-corrected chi connectivity index (χ0v) is 15.7. The quantitative estimate of drug-likeness (QED) is 0.918. The number of piperidine rings is 1. The Bertz CT molecular complexity index is 751. The number of carbonyl (C=O) groups is 1. The smallest absolute Gasteiger partial charge is 0.261 e. The summed E-state index contributed by atoms with van der Waals surface area (Å²) in [5.41, 5.74) is 2.39. The number of rotatable bonds is 3. The first-order valence-electron chi connectivity index (χ1n) is 9.08. The van der Waals surface area contributed by atoms with Crippen LogP contribution in [0.15, 0.2) is 12.1 Å². The molecule has 132 valence electrons. The molecular formula is C19H24N4OS. The summed E-state index contributed by atoms with van der Waals surface area (Å²) in [7, 11) is 0. The maximum absolute atomic E-state index is 12.5. The molecule has 0 atom stereocenters. The average Bonchev–Trinajstić information content (AvgIpc) is 3.16. The lowest BCUT2D eigenvalue weighted by molar-refractivity contribution is 0.0935. The lowest BCUT2D eigenvalue weighted by Gasteiger charge is -2.33. The average molecular weight is 356 g/mol. The van der Waals surface area contributed by atoms with E-state index in [4.69, 9.17) is 0 Å². The van der Waals surface area contributed by atoms with Crippen molar-refractivity contribution < 1.29 is 4.79 Å². The Morgan fingerprint density at radius 1 is 1.20 bits per heavy atom. The molecule has 1 amide bonds. The highest BCUT2D eigenvalue weighted by molar-refractivity contribution is 7.14. The Hall–Kier alpha value is -1.95. The molecule has 6 heteroatoms. The van der Waals surface area contributed by atoms with Gasteiger partial charge in [-0.25, -0.2) is 9.97 Å². The summed E-state index contributed by atoms with van der Waals surface area (Å²) in [6.45, 7) is 5.77. The van der Waals surface area contributed by atoms with Crippen molar-refractivity contribution in [3.8, 4) is 0 Å². The van der Waals surface area contributed by atoms with E-state index in [9.17, 15) is 4.79 Å². The van der Waals surface area contributed by atoms with E-state index in [2.05, 4.69) is 26.3 Å². The monoisotopic (exact) mass is 356 g/mol. The number of aromatic nitrogens is 2. The fraction of sp³-hybridized carbons (Fsp3) is 0.526. The van der Waals surface area contributed by atoms with Gasteiger partial charge >= 0.3 is 0 Å². The SMILES string of the molecule is Cc1cc(N2CCC(NC(=O)c3cc4c(s3)CCC4)CC2)nc(C)n1. The molecule has 1 aliphatic carbocycles. The molecule has 0 radical (unpaired) electrons. The molecule has 2 aliphatic rings. The molecular weight excluding hydrogens is 332 g/mol. The number of fused-ring (bicyclic) bond motifs is 1. The van der Waals surface area contributed by atoms with Gasteiger partial charge in [-0.3, -0.25) is 4.79 Å². The van der Waals surface area contributed by atoms with Crippen LogP contribution < -0.4 is 10.2 Å². The number of carbonyl (C=O) groups excluding carboxylic acids is 1. The molecule has 0 saturated carbocycles. The first kappa shape index (κ1) is 16.5. The minimum atomic E-state index is 0.103. The molecule has 0 spiro atoms. The van der Waals surface area contributed by atoms with Crippen LogP contribution in [0.2, 0.25) is 0 Å². The molecule has 0 bridgehead atoms. The molecule has 1 N–H and O–H groups in total. The van der Waals surface area contributed by atoms with Crippen molar-refractivity contribution in [3.05, 3.63) is 39.0 Å². The van der Waals surface area contributed by atoms with Crippen LogP contribution in [0.4, 0.5) is 5.82 Å². The molecule has 25 heavy (non-hydrogen) atoms. The summed E-state index contributed by atoms with van der Waals surface area (Å²) in [4.78, 5) is 26.0. The summed E-state index contributed by atoms with van der Waals surface area (Å²) in [6.07, 6.45) is 5.43. The minimum Gasteiger partial charge on any atom is -0.356 e. The van der Waals surface area contributed by atoms with Gasteiger partial charge in [-0.15, -0.1) is 11.3 Å². The van der Waals surface area contributed by atoms with Crippen LogP contribution in [0.5, 0.6) is 0 Å². The van der Waals surface area contributed by atoms with Gasteiger partial charge in [0.05, 0.1) is 4.88 Å². The molecule has 2 aromatic heterocycles. The van der Waals surface area contributed by atoms with Crippen molar-refractivity contribution in [1.29, 1.82) is 0 Å². The predicted molar refractivity (Wildman–Crippen MR) is 101 cm³/mol. The van der Waals surface area contributed by atoms with Gasteiger partial charge in [0.1, 0.15) is 11.6 Å². The van der Waals surface area contributed by atoms with E-state index in [0.717, 1.165) is 61.0 Å². The number of nitrogens with one attached hydrogen (secondary N) is 1. The first-order chi connectivity index (χ1) is 12.1. The maximum atomic E-state index is 12.5. The highest BCUT2D eigenvalue weighted by Crippen LogP contribution is 2.30. The fourth-order valence-electron chi connectivity index (χ4n) is 3.81. The summed E-state index contributed by atoms with van der Waals surface area (Å²) in [6, 6.07) is 4.40. The largest absolute Gasteiger partial charge is 0.356 e.